The molecule has 1 heterocycles. The second kappa shape index (κ2) is 6.37. The van der Waals surface area contributed by atoms with E-state index in [4.69, 9.17) is 5.11 Å². The number of carbonyl (C=O) groups excluding carboxylic acids is 2. The van der Waals surface area contributed by atoms with E-state index in [1.807, 2.05) is 0 Å². The number of piperidine rings is 1. The number of likely N-dealkylation sites (tertiary alicyclic amines) is 1. The van der Waals surface area contributed by atoms with Crippen molar-refractivity contribution in [2.45, 2.75) is 25.7 Å². The van der Waals surface area contributed by atoms with Crippen LogP contribution in [0.1, 0.15) is 25.7 Å². The third-order valence-corrected chi connectivity index (χ3v) is 3.17. The van der Waals surface area contributed by atoms with Crippen LogP contribution in [0.15, 0.2) is 0 Å². The molecular formula is C12H20N2O4. The largest absolute Gasteiger partial charge is 0.481 e. The minimum absolute atomic E-state index is 0.0878. The number of rotatable bonds is 4. The quantitative estimate of drug-likeness (QED) is 0.778. The molecule has 0 radical (unpaired) electrons. The van der Waals surface area contributed by atoms with Gasteiger partial charge in [-0.1, -0.05) is 0 Å². The molecule has 0 spiro atoms. The van der Waals surface area contributed by atoms with Crippen LogP contribution < -0.4 is 0 Å². The zero-order valence-corrected chi connectivity index (χ0v) is 10.9. The van der Waals surface area contributed by atoms with Gasteiger partial charge in [-0.15, -0.1) is 0 Å². The number of carboxylic acid groups (broad SMARTS) is 1. The van der Waals surface area contributed by atoms with Crippen molar-refractivity contribution in [1.29, 1.82) is 0 Å². The van der Waals surface area contributed by atoms with Crippen LogP contribution >= 0.6 is 0 Å². The molecule has 6 nitrogen and oxygen atoms in total. The molecule has 18 heavy (non-hydrogen) atoms. The van der Waals surface area contributed by atoms with E-state index in [2.05, 4.69) is 0 Å². The molecule has 0 aromatic carbocycles. The predicted octanol–water partition coefficient (Wildman–Crippen LogP) is 0.178. The average Bonchev–Trinajstić information content (AvgIpc) is 2.35. The summed E-state index contributed by atoms with van der Waals surface area (Å²) in [6.07, 6.45) is 1.67. The van der Waals surface area contributed by atoms with E-state index in [1.165, 1.54) is 4.90 Å². The van der Waals surface area contributed by atoms with Gasteiger partial charge in [0.2, 0.25) is 11.8 Å². The van der Waals surface area contributed by atoms with Crippen molar-refractivity contribution in [2.24, 2.45) is 5.92 Å². The Balaban J connectivity index is 2.42. The third-order valence-electron chi connectivity index (χ3n) is 3.17. The predicted molar refractivity (Wildman–Crippen MR) is 64.9 cm³/mol. The standard InChI is InChI=1S/C12H20N2O4/c1-13(2)10(15)5-6-11(16)14-7-3-4-9(8-14)12(17)18/h9H,3-8H2,1-2H3,(H,17,18). The summed E-state index contributed by atoms with van der Waals surface area (Å²) in [5.74, 6) is -1.53. The minimum atomic E-state index is -0.850. The van der Waals surface area contributed by atoms with E-state index < -0.39 is 11.9 Å². The molecule has 1 N–H and O–H groups in total. The first-order chi connectivity index (χ1) is 8.41. The van der Waals surface area contributed by atoms with Crippen LogP contribution in [-0.4, -0.2) is 59.9 Å². The van der Waals surface area contributed by atoms with Gasteiger partial charge in [0.1, 0.15) is 0 Å². The molecule has 2 amide bonds. The molecule has 1 aliphatic heterocycles. The Bertz CT molecular complexity index is 341. The summed E-state index contributed by atoms with van der Waals surface area (Å²) in [7, 11) is 3.29. The Morgan fingerprint density at radius 1 is 1.28 bits per heavy atom. The van der Waals surface area contributed by atoms with Gasteiger partial charge in [-0.05, 0) is 12.8 Å². The fourth-order valence-corrected chi connectivity index (χ4v) is 2.00. The van der Waals surface area contributed by atoms with E-state index in [0.29, 0.717) is 19.4 Å². The van der Waals surface area contributed by atoms with Gasteiger partial charge in [-0.25, -0.2) is 0 Å². The summed E-state index contributed by atoms with van der Waals surface area (Å²) in [6, 6.07) is 0. The molecule has 0 aromatic heterocycles. The van der Waals surface area contributed by atoms with Gasteiger partial charge in [-0.2, -0.15) is 0 Å². The van der Waals surface area contributed by atoms with E-state index in [1.54, 1.807) is 19.0 Å². The maximum absolute atomic E-state index is 11.9. The van der Waals surface area contributed by atoms with Crippen molar-refractivity contribution in [1.82, 2.24) is 9.80 Å². The lowest BCUT2D eigenvalue weighted by atomic mass is 9.98. The summed E-state index contributed by atoms with van der Waals surface area (Å²) in [5, 5.41) is 8.93. The van der Waals surface area contributed by atoms with Crippen LogP contribution in [0, 0.1) is 5.92 Å². The fraction of sp³-hybridized carbons (Fsp3) is 0.750. The molecule has 6 heteroatoms. The molecule has 0 aromatic rings. The van der Waals surface area contributed by atoms with E-state index >= 15 is 0 Å². The van der Waals surface area contributed by atoms with Gasteiger partial charge in [0.15, 0.2) is 0 Å². The number of amides is 2. The van der Waals surface area contributed by atoms with Gasteiger partial charge in [0.05, 0.1) is 5.92 Å². The number of aliphatic carboxylic acids is 1. The number of carbonyl (C=O) groups is 3. The molecule has 1 atom stereocenters. The van der Waals surface area contributed by atoms with Gasteiger partial charge in [0.25, 0.3) is 0 Å². The first kappa shape index (κ1) is 14.5. The van der Waals surface area contributed by atoms with Crippen molar-refractivity contribution < 1.29 is 19.5 Å². The molecule has 0 bridgehead atoms. The summed E-state index contributed by atoms with van der Waals surface area (Å²) >= 11 is 0. The third kappa shape index (κ3) is 4.01. The van der Waals surface area contributed by atoms with Gasteiger partial charge >= 0.3 is 5.97 Å². The van der Waals surface area contributed by atoms with Gasteiger partial charge in [-0.3, -0.25) is 14.4 Å². The van der Waals surface area contributed by atoms with Crippen LogP contribution in [0.2, 0.25) is 0 Å². The summed E-state index contributed by atoms with van der Waals surface area (Å²) in [5.41, 5.74) is 0. The fourth-order valence-electron chi connectivity index (χ4n) is 2.00. The zero-order chi connectivity index (χ0) is 13.7. The molecule has 1 unspecified atom stereocenters. The second-order valence-electron chi connectivity index (χ2n) is 4.81. The number of hydrogen-bond acceptors (Lipinski definition) is 3. The SMILES string of the molecule is CN(C)C(=O)CCC(=O)N1CCCC(C(=O)O)C1. The molecule has 0 aliphatic carbocycles. The minimum Gasteiger partial charge on any atom is -0.481 e. The lowest BCUT2D eigenvalue weighted by molar-refractivity contribution is -0.146. The zero-order valence-electron chi connectivity index (χ0n) is 10.9. The Kier molecular flexibility index (Phi) is 5.12. The van der Waals surface area contributed by atoms with Crippen LogP contribution in [0.4, 0.5) is 0 Å². The molecule has 102 valence electrons. The highest BCUT2D eigenvalue weighted by Gasteiger charge is 2.28. The Labute approximate surface area is 107 Å². The maximum atomic E-state index is 11.9. The average molecular weight is 256 g/mol. The summed E-state index contributed by atoms with van der Waals surface area (Å²) in [4.78, 5) is 37.1. The lowest BCUT2D eigenvalue weighted by Gasteiger charge is -2.30. The van der Waals surface area contributed by atoms with E-state index in [9.17, 15) is 14.4 Å². The Morgan fingerprint density at radius 3 is 2.50 bits per heavy atom. The first-order valence-electron chi connectivity index (χ1n) is 6.12. The topological polar surface area (TPSA) is 77.9 Å². The monoisotopic (exact) mass is 256 g/mol. The first-order valence-corrected chi connectivity index (χ1v) is 6.12. The van der Waals surface area contributed by atoms with E-state index in [0.717, 1.165) is 0 Å². The summed E-state index contributed by atoms with van der Waals surface area (Å²) < 4.78 is 0. The molecule has 1 fully saturated rings. The Morgan fingerprint density at radius 2 is 1.94 bits per heavy atom. The lowest BCUT2D eigenvalue weighted by Crippen LogP contribution is -2.42. The van der Waals surface area contributed by atoms with Crippen LogP contribution in [-0.2, 0) is 14.4 Å². The van der Waals surface area contributed by atoms with Crippen LogP contribution in [0.5, 0.6) is 0 Å². The van der Waals surface area contributed by atoms with Crippen molar-refractivity contribution in [3.63, 3.8) is 0 Å². The maximum Gasteiger partial charge on any atom is 0.308 e. The number of nitrogens with zero attached hydrogens (tertiary/aromatic N) is 2. The van der Waals surface area contributed by atoms with Gasteiger partial charge in [0, 0.05) is 40.0 Å². The number of hydrogen-bond donors (Lipinski definition) is 1. The smallest absolute Gasteiger partial charge is 0.308 e. The normalized spacial score (nSPS) is 19.4. The Hall–Kier alpha value is -1.59. The van der Waals surface area contributed by atoms with Crippen molar-refractivity contribution in [3.05, 3.63) is 0 Å². The van der Waals surface area contributed by atoms with Crippen LogP contribution in [0.25, 0.3) is 0 Å². The van der Waals surface area contributed by atoms with Gasteiger partial charge < -0.3 is 14.9 Å². The highest BCUT2D eigenvalue weighted by molar-refractivity contribution is 5.84. The van der Waals surface area contributed by atoms with E-state index in [-0.39, 0.29) is 31.2 Å². The van der Waals surface area contributed by atoms with Crippen LogP contribution in [0.3, 0.4) is 0 Å². The molecule has 1 aliphatic rings. The molecule has 1 saturated heterocycles. The second-order valence-corrected chi connectivity index (χ2v) is 4.81. The highest BCUT2D eigenvalue weighted by Crippen LogP contribution is 2.17. The number of carboxylic acids is 1. The van der Waals surface area contributed by atoms with Crippen molar-refractivity contribution in [3.8, 4) is 0 Å². The molecular weight excluding hydrogens is 236 g/mol. The van der Waals surface area contributed by atoms with Crippen molar-refractivity contribution >= 4 is 17.8 Å². The molecule has 1 rings (SSSR count). The summed E-state index contributed by atoms with van der Waals surface area (Å²) in [6.45, 7) is 0.864. The van der Waals surface area contributed by atoms with Crippen molar-refractivity contribution in [2.75, 3.05) is 27.2 Å². The molecule has 0 saturated carbocycles. The highest BCUT2D eigenvalue weighted by atomic mass is 16.4.